The van der Waals surface area contributed by atoms with Crippen LogP contribution in [-0.4, -0.2) is 107 Å². The Morgan fingerprint density at radius 2 is 1.72 bits per heavy atom. The molecule has 4 aliphatic heterocycles. The van der Waals surface area contributed by atoms with Gasteiger partial charge >= 0.3 is 0 Å². The summed E-state index contributed by atoms with van der Waals surface area (Å²) < 4.78 is 21.8. The van der Waals surface area contributed by atoms with E-state index >= 15 is 4.39 Å². The van der Waals surface area contributed by atoms with Gasteiger partial charge in [0.2, 0.25) is 17.5 Å². The second kappa shape index (κ2) is 16.8. The zero-order valence-corrected chi connectivity index (χ0v) is 33.4. The van der Waals surface area contributed by atoms with E-state index in [1.54, 1.807) is 24.5 Å². The van der Waals surface area contributed by atoms with E-state index in [-0.39, 0.29) is 54.8 Å². The number of hydrogen-bond acceptors (Lipinski definition) is 10. The van der Waals surface area contributed by atoms with E-state index in [4.69, 9.17) is 11.3 Å². The van der Waals surface area contributed by atoms with Gasteiger partial charge in [0, 0.05) is 88.2 Å². The molecule has 1 aliphatic carbocycles. The summed E-state index contributed by atoms with van der Waals surface area (Å²) in [6.07, 6.45) is 9.16. The first-order valence-corrected chi connectivity index (χ1v) is 21.1. The van der Waals surface area contributed by atoms with E-state index in [2.05, 4.69) is 35.2 Å². The van der Waals surface area contributed by atoms with Crippen LogP contribution in [0.4, 0.5) is 21.6 Å². The van der Waals surface area contributed by atoms with Crippen molar-refractivity contribution >= 4 is 51.7 Å². The summed E-state index contributed by atoms with van der Waals surface area (Å²) in [5, 5.41) is 6.35. The van der Waals surface area contributed by atoms with Crippen molar-refractivity contribution in [3.63, 3.8) is 0 Å². The van der Waals surface area contributed by atoms with E-state index < -0.39 is 17.8 Å². The number of carbonyl (C=O) groups excluding carboxylic acids is 4. The molecule has 310 valence electrons. The maximum absolute atomic E-state index is 15.4. The van der Waals surface area contributed by atoms with E-state index in [9.17, 15) is 19.2 Å². The van der Waals surface area contributed by atoms with Crippen LogP contribution in [0.5, 0.6) is 5.75 Å². The molecule has 4 amide bonds. The first kappa shape index (κ1) is 39.3. The molecule has 0 spiro atoms. The Kier molecular flexibility index (Phi) is 11.0. The number of ether oxygens (including phenoxy) is 1. The van der Waals surface area contributed by atoms with Crippen molar-refractivity contribution < 1.29 is 28.3 Å². The number of nitrogens with one attached hydrogen (secondary N) is 2. The molecule has 4 fully saturated rings. The third-order valence-electron chi connectivity index (χ3n) is 12.9. The van der Waals surface area contributed by atoms with Crippen LogP contribution < -0.4 is 25.2 Å². The molecule has 0 unspecified atom stereocenters. The Morgan fingerprint density at radius 3 is 2.45 bits per heavy atom. The van der Waals surface area contributed by atoms with Crippen LogP contribution in [0, 0.1) is 18.3 Å². The largest absolute Gasteiger partial charge is 0.490 e. The van der Waals surface area contributed by atoms with E-state index in [1.807, 2.05) is 35.2 Å². The predicted octanol–water partition coefficient (Wildman–Crippen LogP) is 5.24. The molecule has 60 heavy (non-hydrogen) atoms. The lowest BCUT2D eigenvalue weighted by Crippen LogP contribution is -2.52. The zero-order chi connectivity index (χ0) is 41.3. The molecular weight excluding hydrogens is 766 g/mol. The molecule has 6 heterocycles. The summed E-state index contributed by atoms with van der Waals surface area (Å²) in [5.74, 6) is 0.417. The van der Waals surface area contributed by atoms with Crippen molar-refractivity contribution in [2.24, 2.45) is 5.92 Å². The molecule has 3 saturated heterocycles. The molecule has 15 heteroatoms. The quantitative estimate of drug-likeness (QED) is 0.170. The number of carbonyl (C=O) groups is 4. The molecule has 2 aromatic heterocycles. The predicted molar refractivity (Wildman–Crippen MR) is 222 cm³/mol. The molecular formula is C45H48FN9O5. The lowest BCUT2D eigenvalue weighted by atomic mass is 9.92. The van der Waals surface area contributed by atoms with Crippen LogP contribution in [0.15, 0.2) is 60.9 Å². The van der Waals surface area contributed by atoms with Gasteiger partial charge in [-0.05, 0) is 98.9 Å². The number of rotatable bonds is 9. The van der Waals surface area contributed by atoms with Gasteiger partial charge in [-0.25, -0.2) is 14.2 Å². The molecule has 2 aromatic carbocycles. The van der Waals surface area contributed by atoms with Crippen molar-refractivity contribution in [2.45, 2.75) is 76.1 Å². The maximum atomic E-state index is 15.4. The highest BCUT2D eigenvalue weighted by Crippen LogP contribution is 2.35. The second-order valence-electron chi connectivity index (χ2n) is 16.6. The van der Waals surface area contributed by atoms with Gasteiger partial charge in [-0.3, -0.25) is 34.4 Å². The highest BCUT2D eigenvalue weighted by molar-refractivity contribution is 6.05. The van der Waals surface area contributed by atoms with Crippen LogP contribution in [-0.2, 0) is 16.1 Å². The molecule has 0 bridgehead atoms. The molecule has 2 N–H and O–H groups in total. The molecule has 0 radical (unpaired) electrons. The smallest absolute Gasteiger partial charge is 0.255 e. The summed E-state index contributed by atoms with van der Waals surface area (Å²) >= 11 is 0. The monoisotopic (exact) mass is 813 g/mol. The second-order valence-corrected chi connectivity index (χ2v) is 16.6. The first-order chi connectivity index (χ1) is 29.2. The van der Waals surface area contributed by atoms with Crippen molar-refractivity contribution in [3.05, 3.63) is 94.8 Å². The Bertz CT molecular complexity index is 2350. The number of fused-ring (bicyclic) bond motifs is 2. The lowest BCUT2D eigenvalue weighted by Gasteiger charge is -2.40. The number of halogens is 1. The van der Waals surface area contributed by atoms with Gasteiger partial charge in [0.1, 0.15) is 23.4 Å². The highest BCUT2D eigenvalue weighted by atomic mass is 19.1. The zero-order valence-electron chi connectivity index (χ0n) is 33.4. The van der Waals surface area contributed by atoms with Gasteiger partial charge in [0.15, 0.2) is 0 Å². The number of benzene rings is 2. The van der Waals surface area contributed by atoms with E-state index in [1.165, 1.54) is 11.0 Å². The van der Waals surface area contributed by atoms with Gasteiger partial charge in [0.25, 0.3) is 11.8 Å². The van der Waals surface area contributed by atoms with Gasteiger partial charge in [-0.2, -0.15) is 0 Å². The Balaban J connectivity index is 0.702. The average Bonchev–Trinajstić information content (AvgIpc) is 3.58. The van der Waals surface area contributed by atoms with Crippen molar-refractivity contribution in [2.75, 3.05) is 55.6 Å². The molecule has 9 rings (SSSR count). The molecule has 1 atom stereocenters. The number of aromatic nitrogens is 2. The maximum Gasteiger partial charge on any atom is 0.255 e. The van der Waals surface area contributed by atoms with Crippen molar-refractivity contribution in [1.29, 1.82) is 0 Å². The van der Waals surface area contributed by atoms with Crippen LogP contribution in [0.3, 0.4) is 0 Å². The van der Waals surface area contributed by atoms with Crippen LogP contribution >= 0.6 is 0 Å². The SMILES string of the molecule is [C-]#[N+]c1ccc(OC2CCC(NC(=O)c3ccc(N4CCC(CN5CCN(c6cc7c(cc6F)C(=O)N([C@H]6CCC(=O)NC6=O)C7)CC5)CC4)nc3)CC2)c2cccnc12. The number of pyridine rings is 2. The van der Waals surface area contributed by atoms with Crippen LogP contribution in [0.25, 0.3) is 15.7 Å². The minimum atomic E-state index is -0.728. The number of nitrogens with zero attached hydrogens (tertiary/aromatic N) is 7. The first-order valence-electron chi connectivity index (χ1n) is 21.1. The number of piperazine rings is 1. The number of piperidine rings is 2. The fourth-order valence-electron chi connectivity index (χ4n) is 9.51. The summed E-state index contributed by atoms with van der Waals surface area (Å²) in [4.78, 5) is 71.3. The Labute approximate surface area is 347 Å². The number of anilines is 2. The van der Waals surface area contributed by atoms with E-state index in [0.29, 0.717) is 47.0 Å². The fraction of sp³-hybridized carbons (Fsp3) is 0.444. The molecule has 4 aromatic rings. The van der Waals surface area contributed by atoms with Crippen molar-refractivity contribution in [1.82, 2.24) is 30.4 Å². The lowest BCUT2D eigenvalue weighted by molar-refractivity contribution is -0.136. The summed E-state index contributed by atoms with van der Waals surface area (Å²) in [6.45, 7) is 13.4. The molecule has 1 saturated carbocycles. The van der Waals surface area contributed by atoms with Crippen molar-refractivity contribution in [3.8, 4) is 5.75 Å². The summed E-state index contributed by atoms with van der Waals surface area (Å²) in [5.41, 5.74) is 3.19. The van der Waals surface area contributed by atoms with Crippen LogP contribution in [0.2, 0.25) is 0 Å². The third kappa shape index (κ3) is 8.08. The standard InChI is InChI=1S/C45H48FN9O5/c1-47-36-9-11-39(33-3-2-16-48-42(33)36)60-32-7-5-31(6-8-32)50-43(57)29-4-12-40(49-25-29)54-17-14-28(15-18-54)26-52-19-21-53(22-20-52)38-23-30-27-55(45(59)34(30)24-35(38)46)37-10-13-41(56)51-44(37)58/h2-4,9,11-12,16,23-25,28,31-32,37H,5-8,10,13-15,17-22,26-27H2,(H,50,57)(H,51,56,58)/t31?,32?,37-/m0/s1. The molecule has 14 nitrogen and oxygen atoms in total. The van der Waals surface area contributed by atoms with Gasteiger partial charge in [-0.15, -0.1) is 0 Å². The Hall–Kier alpha value is -6.14. The summed E-state index contributed by atoms with van der Waals surface area (Å²) in [7, 11) is 0. The number of amides is 4. The third-order valence-corrected chi connectivity index (χ3v) is 12.9. The fourth-order valence-corrected chi connectivity index (χ4v) is 9.51. The highest BCUT2D eigenvalue weighted by Gasteiger charge is 2.40. The van der Waals surface area contributed by atoms with Gasteiger partial charge in [-0.1, -0.05) is 6.07 Å². The number of imide groups is 1. The minimum absolute atomic E-state index is 0.0294. The van der Waals surface area contributed by atoms with Crippen LogP contribution in [0.1, 0.15) is 77.6 Å². The van der Waals surface area contributed by atoms with Gasteiger partial charge < -0.3 is 24.8 Å². The Morgan fingerprint density at radius 1 is 0.917 bits per heavy atom. The number of hydrogen-bond donors (Lipinski definition) is 2. The average molecular weight is 814 g/mol. The minimum Gasteiger partial charge on any atom is -0.490 e. The molecule has 5 aliphatic rings. The van der Waals surface area contributed by atoms with Gasteiger partial charge in [0.05, 0.1) is 29.4 Å². The summed E-state index contributed by atoms with van der Waals surface area (Å²) in [6, 6.07) is 13.6. The topological polar surface area (TPSA) is 145 Å². The normalized spacial score (nSPS) is 22.7. The van der Waals surface area contributed by atoms with E-state index in [0.717, 1.165) is 88.2 Å².